The number of amides is 1. The maximum atomic E-state index is 12.3. The first-order valence-corrected chi connectivity index (χ1v) is 7.14. The van der Waals surface area contributed by atoms with Gasteiger partial charge in [-0.25, -0.2) is 9.97 Å². The van der Waals surface area contributed by atoms with Gasteiger partial charge in [0.05, 0.1) is 5.56 Å². The molecule has 0 unspecified atom stereocenters. The van der Waals surface area contributed by atoms with E-state index in [-0.39, 0.29) is 23.6 Å². The van der Waals surface area contributed by atoms with E-state index < -0.39 is 11.7 Å². The molecule has 0 saturated heterocycles. The van der Waals surface area contributed by atoms with E-state index in [9.17, 15) is 22.8 Å². The predicted octanol–water partition coefficient (Wildman–Crippen LogP) is 3.63. The smallest absolute Gasteiger partial charge is 0.313 e. The van der Waals surface area contributed by atoms with E-state index in [1.807, 2.05) is 6.92 Å². The fraction of sp³-hybridized carbons (Fsp3) is 0.286. The Labute approximate surface area is 134 Å². The normalized spacial score (nSPS) is 10.5. The second kappa shape index (κ2) is 7.82. The summed E-state index contributed by atoms with van der Waals surface area (Å²) in [6.07, 6.45) is -1.37. The van der Waals surface area contributed by atoms with Crippen molar-refractivity contribution in [2.24, 2.45) is 0 Å². The van der Waals surface area contributed by atoms with Crippen molar-refractivity contribution >= 4 is 29.3 Å². The first-order valence-electron chi connectivity index (χ1n) is 6.32. The van der Waals surface area contributed by atoms with E-state index in [1.54, 1.807) is 6.20 Å². The van der Waals surface area contributed by atoms with Crippen LogP contribution >= 0.6 is 11.3 Å². The summed E-state index contributed by atoms with van der Waals surface area (Å²) in [6.45, 7) is 4.77. The standard InChI is InChI=1S/C8H7F3N2O.C6H7NOS/c1-5-3-12-7(13-4-14)2-6(5)8(9,10)11;1-4-3-7-6(9-4)5(2)8/h2-4H,1H3,(H,12,13,14);3H,1-2H3. The van der Waals surface area contributed by atoms with E-state index in [2.05, 4.69) is 15.3 Å². The Morgan fingerprint density at radius 3 is 2.30 bits per heavy atom. The van der Waals surface area contributed by atoms with E-state index in [0.717, 1.165) is 17.1 Å². The number of hydrogen-bond acceptors (Lipinski definition) is 5. The molecule has 0 aliphatic rings. The molecule has 1 N–H and O–H groups in total. The van der Waals surface area contributed by atoms with E-state index in [4.69, 9.17) is 0 Å². The molecule has 0 aliphatic carbocycles. The lowest BCUT2D eigenvalue weighted by molar-refractivity contribution is -0.138. The molecular weight excluding hydrogens is 331 g/mol. The molecule has 0 radical (unpaired) electrons. The fourth-order valence-electron chi connectivity index (χ4n) is 1.49. The zero-order valence-electron chi connectivity index (χ0n) is 12.6. The maximum absolute atomic E-state index is 12.3. The van der Waals surface area contributed by atoms with Gasteiger partial charge in [0, 0.05) is 24.2 Å². The molecule has 23 heavy (non-hydrogen) atoms. The third-order valence-electron chi connectivity index (χ3n) is 2.54. The van der Waals surface area contributed by atoms with Crippen molar-refractivity contribution in [2.75, 3.05) is 5.32 Å². The largest absolute Gasteiger partial charge is 0.416 e. The third-order valence-corrected chi connectivity index (χ3v) is 3.55. The Morgan fingerprint density at radius 2 is 1.91 bits per heavy atom. The van der Waals surface area contributed by atoms with Crippen LogP contribution < -0.4 is 5.32 Å². The van der Waals surface area contributed by atoms with Crippen LogP contribution in [0.15, 0.2) is 18.5 Å². The van der Waals surface area contributed by atoms with Crippen LogP contribution in [0.25, 0.3) is 0 Å². The summed E-state index contributed by atoms with van der Waals surface area (Å²) < 4.78 is 37.0. The minimum absolute atomic E-state index is 0.0222. The zero-order chi connectivity index (χ0) is 17.6. The number of Topliss-reactive ketones (excluding diaryl/α,β-unsaturated/α-hetero) is 1. The second-order valence-corrected chi connectivity index (χ2v) is 5.71. The van der Waals surface area contributed by atoms with Gasteiger partial charge in [-0.3, -0.25) is 9.59 Å². The molecule has 0 fully saturated rings. The van der Waals surface area contributed by atoms with Crippen LogP contribution in [0.5, 0.6) is 0 Å². The summed E-state index contributed by atoms with van der Waals surface area (Å²) in [4.78, 5) is 29.2. The molecular formula is C14H14F3N3O2S. The number of aromatic nitrogens is 2. The van der Waals surface area contributed by atoms with Crippen molar-refractivity contribution in [2.45, 2.75) is 26.9 Å². The lowest BCUT2D eigenvalue weighted by atomic mass is 10.1. The number of thiazole rings is 1. The highest BCUT2D eigenvalue weighted by atomic mass is 32.1. The first-order chi connectivity index (χ1) is 10.6. The summed E-state index contributed by atoms with van der Waals surface area (Å²) in [6, 6.07) is 0.795. The number of aryl methyl sites for hydroxylation is 2. The first kappa shape index (κ1) is 18.8. The van der Waals surface area contributed by atoms with Crippen molar-refractivity contribution in [3.05, 3.63) is 39.5 Å². The molecule has 0 aliphatic heterocycles. The van der Waals surface area contributed by atoms with Crippen molar-refractivity contribution < 1.29 is 22.8 Å². The van der Waals surface area contributed by atoms with E-state index >= 15 is 0 Å². The monoisotopic (exact) mass is 345 g/mol. The summed E-state index contributed by atoms with van der Waals surface area (Å²) in [5.41, 5.74) is -0.772. The number of anilines is 1. The fourth-order valence-corrected chi connectivity index (χ4v) is 2.15. The number of ketones is 1. The van der Waals surface area contributed by atoms with Crippen LogP contribution in [0.2, 0.25) is 0 Å². The molecule has 1 amide bonds. The quantitative estimate of drug-likeness (QED) is 0.681. The second-order valence-electron chi connectivity index (χ2n) is 4.48. The van der Waals surface area contributed by atoms with Crippen molar-refractivity contribution in [3.8, 4) is 0 Å². The lowest BCUT2D eigenvalue weighted by Crippen LogP contribution is -2.09. The summed E-state index contributed by atoms with van der Waals surface area (Å²) in [5.74, 6) is -0.0639. The maximum Gasteiger partial charge on any atom is 0.416 e. The van der Waals surface area contributed by atoms with Crippen LogP contribution in [0, 0.1) is 13.8 Å². The van der Waals surface area contributed by atoms with Crippen LogP contribution in [0.3, 0.4) is 0 Å². The highest BCUT2D eigenvalue weighted by Crippen LogP contribution is 2.32. The van der Waals surface area contributed by atoms with Crippen molar-refractivity contribution in [1.82, 2.24) is 9.97 Å². The number of nitrogens with zero attached hydrogens (tertiary/aromatic N) is 2. The lowest BCUT2D eigenvalue weighted by Gasteiger charge is -2.10. The van der Waals surface area contributed by atoms with Gasteiger partial charge in [-0.1, -0.05) is 0 Å². The Balaban J connectivity index is 0.000000253. The Hall–Kier alpha value is -2.29. The van der Waals surface area contributed by atoms with Crippen LogP contribution in [-0.4, -0.2) is 22.2 Å². The van der Waals surface area contributed by atoms with Gasteiger partial charge >= 0.3 is 6.18 Å². The topological polar surface area (TPSA) is 72.0 Å². The Morgan fingerprint density at radius 1 is 1.26 bits per heavy atom. The molecule has 124 valence electrons. The van der Waals surface area contributed by atoms with Gasteiger partial charge in [0.15, 0.2) is 10.8 Å². The van der Waals surface area contributed by atoms with Crippen LogP contribution in [0.1, 0.15) is 32.7 Å². The Bertz CT molecular complexity index is 699. The Kier molecular flexibility index (Phi) is 6.38. The number of hydrogen-bond donors (Lipinski definition) is 1. The van der Waals surface area contributed by atoms with Gasteiger partial charge in [0.1, 0.15) is 5.82 Å². The van der Waals surface area contributed by atoms with Gasteiger partial charge in [-0.05, 0) is 25.5 Å². The number of halogens is 3. The van der Waals surface area contributed by atoms with E-state index in [0.29, 0.717) is 5.01 Å². The average Bonchev–Trinajstić information content (AvgIpc) is 2.88. The molecule has 9 heteroatoms. The summed E-state index contributed by atoms with van der Waals surface area (Å²) in [7, 11) is 0. The number of nitrogens with one attached hydrogen (secondary N) is 1. The minimum Gasteiger partial charge on any atom is -0.313 e. The molecule has 2 heterocycles. The molecule has 0 aromatic carbocycles. The zero-order valence-corrected chi connectivity index (χ0v) is 13.4. The predicted molar refractivity (Wildman–Crippen MR) is 80.5 cm³/mol. The SMILES string of the molecule is CC(=O)c1ncc(C)s1.Cc1cnc(NC=O)cc1C(F)(F)F. The molecule has 2 aromatic heterocycles. The molecule has 0 saturated carbocycles. The number of carbonyl (C=O) groups excluding carboxylic acids is 2. The molecule has 2 aromatic rings. The van der Waals surface area contributed by atoms with Gasteiger partial charge in [-0.15, -0.1) is 11.3 Å². The molecule has 0 spiro atoms. The molecule has 5 nitrogen and oxygen atoms in total. The number of alkyl halides is 3. The average molecular weight is 345 g/mol. The summed E-state index contributed by atoms with van der Waals surface area (Å²) >= 11 is 1.44. The highest BCUT2D eigenvalue weighted by Gasteiger charge is 2.32. The van der Waals surface area contributed by atoms with Crippen molar-refractivity contribution in [1.29, 1.82) is 0 Å². The highest BCUT2D eigenvalue weighted by molar-refractivity contribution is 7.13. The van der Waals surface area contributed by atoms with Crippen LogP contribution in [-0.2, 0) is 11.0 Å². The molecule has 2 rings (SSSR count). The van der Waals surface area contributed by atoms with Gasteiger partial charge in [-0.2, -0.15) is 13.2 Å². The number of carbonyl (C=O) groups is 2. The third kappa shape index (κ3) is 5.78. The minimum atomic E-state index is -4.42. The van der Waals surface area contributed by atoms with Gasteiger partial charge in [0.2, 0.25) is 6.41 Å². The molecule has 0 bridgehead atoms. The van der Waals surface area contributed by atoms with E-state index in [1.165, 1.54) is 25.2 Å². The van der Waals surface area contributed by atoms with Gasteiger partial charge in [0.25, 0.3) is 0 Å². The number of pyridine rings is 1. The van der Waals surface area contributed by atoms with Crippen LogP contribution in [0.4, 0.5) is 19.0 Å². The molecule has 0 atom stereocenters. The number of rotatable bonds is 3. The van der Waals surface area contributed by atoms with Crippen molar-refractivity contribution in [3.63, 3.8) is 0 Å². The van der Waals surface area contributed by atoms with Gasteiger partial charge < -0.3 is 5.32 Å². The summed E-state index contributed by atoms with van der Waals surface area (Å²) in [5, 5.41) is 2.66.